The molecule has 1 aliphatic heterocycles. The van der Waals surface area contributed by atoms with Crippen molar-refractivity contribution in [3.8, 4) is 28.2 Å². The highest BCUT2D eigenvalue weighted by Gasteiger charge is 2.27. The number of carbonyl (C=O) groups is 5. The molecule has 2 aromatic carbocycles. The molecule has 0 radical (unpaired) electrons. The smallest absolute Gasteiger partial charge is 0.472 e. The van der Waals surface area contributed by atoms with Crippen molar-refractivity contribution >= 4 is 48.5 Å². The van der Waals surface area contributed by atoms with Crippen LogP contribution in [-0.2, 0) is 37.5 Å². The van der Waals surface area contributed by atoms with Crippen molar-refractivity contribution in [3.05, 3.63) is 75.9 Å². The summed E-state index contributed by atoms with van der Waals surface area (Å²) in [4.78, 5) is 86.7. The number of amides is 2. The van der Waals surface area contributed by atoms with Crippen LogP contribution in [-0.4, -0.2) is 83.8 Å². The second kappa shape index (κ2) is 37.3. The van der Waals surface area contributed by atoms with Crippen LogP contribution in [0.2, 0.25) is 0 Å². The molecule has 78 heavy (non-hydrogen) atoms. The topological polar surface area (TPSA) is 254 Å². The Labute approximate surface area is 460 Å². The zero-order valence-electron chi connectivity index (χ0n) is 46.3. The average Bonchev–Trinajstić information content (AvgIpc) is 3.52. The summed E-state index contributed by atoms with van der Waals surface area (Å²) in [5.74, 6) is -3.80. The highest BCUT2D eigenvalue weighted by molar-refractivity contribution is 7.47. The first kappa shape index (κ1) is 64.9. The number of fused-ring (bicyclic) bond motifs is 2. The van der Waals surface area contributed by atoms with E-state index in [1.54, 1.807) is 6.07 Å². The Hall–Kier alpha value is -5.61. The summed E-state index contributed by atoms with van der Waals surface area (Å²) in [6, 6.07) is 12.3. The minimum atomic E-state index is -4.77. The molecule has 2 amide bonds. The zero-order chi connectivity index (χ0) is 56.4. The Kier molecular flexibility index (Phi) is 31.0. The first-order chi connectivity index (χ1) is 37.7. The van der Waals surface area contributed by atoms with E-state index in [0.29, 0.717) is 29.4 Å². The lowest BCUT2D eigenvalue weighted by atomic mass is 9.90. The second-order valence-electron chi connectivity index (χ2n) is 20.3. The maximum atomic E-state index is 13.2. The van der Waals surface area contributed by atoms with Gasteiger partial charge in [-0.15, -0.1) is 0 Å². The standard InChI is InChI=1S/C60H87N2O15P/c1-3-5-7-9-11-13-15-17-19-21-23-25-27-29-56(66)73-43-48(76-57(67)30-28-26-24-22-20-18-16-14-12-10-8-6-4-2)44-75-78(71,72)74-38-37-61-55(65)42-62-59(68)45-31-34-49(52(39-45)60(69)70)58-50-35-32-46(63)40-53(50)77-54-41-47(64)33-36-51(54)58/h31-36,39-41,48,63H,3-30,37-38,42-44H2,1-2H3,(H,61,65)(H,62,68)(H,69,70)(H,71,72)/t48-/m1/s1. The van der Waals surface area contributed by atoms with Crippen LogP contribution in [0.15, 0.2) is 63.8 Å². The van der Waals surface area contributed by atoms with Crippen molar-refractivity contribution in [1.29, 1.82) is 0 Å². The highest BCUT2D eigenvalue weighted by atomic mass is 31.2. The van der Waals surface area contributed by atoms with Crippen LogP contribution in [0.25, 0.3) is 33.4 Å². The molecule has 0 aromatic heterocycles. The van der Waals surface area contributed by atoms with E-state index in [9.17, 15) is 48.4 Å². The van der Waals surface area contributed by atoms with Crippen molar-refractivity contribution in [2.75, 3.05) is 32.9 Å². The Morgan fingerprint density at radius 3 is 1.72 bits per heavy atom. The predicted octanol–water partition coefficient (Wildman–Crippen LogP) is 13.4. The summed E-state index contributed by atoms with van der Waals surface area (Å²) in [5, 5.41) is 25.7. The Morgan fingerprint density at radius 1 is 0.615 bits per heavy atom. The van der Waals surface area contributed by atoms with E-state index in [-0.39, 0.29) is 65.2 Å². The van der Waals surface area contributed by atoms with Crippen molar-refractivity contribution in [1.82, 2.24) is 10.6 Å². The number of hydrogen-bond acceptors (Lipinski definition) is 13. The lowest BCUT2D eigenvalue weighted by Gasteiger charge is -2.20. The Morgan fingerprint density at radius 2 is 1.15 bits per heavy atom. The van der Waals surface area contributed by atoms with Crippen LogP contribution in [0.1, 0.15) is 214 Å². The number of carbonyl (C=O) groups excluding carboxylic acids is 4. The molecule has 0 saturated heterocycles. The summed E-state index contributed by atoms with van der Waals surface area (Å²) in [6.45, 7) is 2.17. The molecule has 0 saturated carbocycles. The molecular formula is C60H87N2O15P. The second-order valence-corrected chi connectivity index (χ2v) is 21.7. The van der Waals surface area contributed by atoms with Gasteiger partial charge >= 0.3 is 25.7 Å². The molecule has 4 rings (SSSR count). The molecule has 2 aliphatic rings. The lowest BCUT2D eigenvalue weighted by molar-refractivity contribution is -0.161. The summed E-state index contributed by atoms with van der Waals surface area (Å²) < 4.78 is 40.0. The van der Waals surface area contributed by atoms with E-state index in [1.165, 1.54) is 158 Å². The fraction of sp³-hybridized carbons (Fsp3) is 0.600. The van der Waals surface area contributed by atoms with Crippen molar-refractivity contribution in [2.45, 2.75) is 200 Å². The molecule has 0 bridgehead atoms. The number of phosphoric ester groups is 1. The molecule has 17 nitrogen and oxygen atoms in total. The number of phenolic OH excluding ortho intramolecular Hbond substituents is 1. The van der Waals surface area contributed by atoms with E-state index in [1.807, 2.05) is 0 Å². The summed E-state index contributed by atoms with van der Waals surface area (Å²) in [6.07, 6.45) is 29.3. The first-order valence-electron chi connectivity index (χ1n) is 28.8. The van der Waals surface area contributed by atoms with Gasteiger partial charge < -0.3 is 39.6 Å². The summed E-state index contributed by atoms with van der Waals surface area (Å²) in [7, 11) is -4.77. The number of phenols is 1. The van der Waals surface area contributed by atoms with Gasteiger partial charge in [0.15, 0.2) is 11.5 Å². The predicted molar refractivity (Wildman–Crippen MR) is 302 cm³/mol. The third-order valence-corrected chi connectivity index (χ3v) is 14.7. The SMILES string of the molecule is CCCCCCCCCCCCCCCC(=O)OC[C@H](COP(=O)(O)OCCNC(=O)CNC(=O)c1ccc(-c2c3ccc(=O)cc-3oc3cc(O)ccc23)c(C(=O)O)c1)OC(=O)CCCCCCCCCCCCCCC. The van der Waals surface area contributed by atoms with Crippen molar-refractivity contribution in [2.24, 2.45) is 0 Å². The van der Waals surface area contributed by atoms with Crippen LogP contribution in [0.4, 0.5) is 0 Å². The van der Waals surface area contributed by atoms with Gasteiger partial charge in [0, 0.05) is 53.6 Å². The van der Waals surface area contributed by atoms with Crippen LogP contribution in [0.5, 0.6) is 5.75 Å². The van der Waals surface area contributed by atoms with Crippen molar-refractivity contribution < 1.29 is 66.6 Å². The van der Waals surface area contributed by atoms with Gasteiger partial charge in [-0.3, -0.25) is 33.0 Å². The van der Waals surface area contributed by atoms with Gasteiger partial charge in [-0.2, -0.15) is 0 Å². The number of esters is 2. The number of hydrogen-bond donors (Lipinski definition) is 5. The number of carboxylic acids is 1. The van der Waals surface area contributed by atoms with Crippen LogP contribution in [0, 0.1) is 0 Å². The molecule has 2 aromatic rings. The van der Waals surface area contributed by atoms with Gasteiger partial charge in [-0.1, -0.05) is 174 Å². The van der Waals surface area contributed by atoms with Crippen LogP contribution in [0.3, 0.4) is 0 Å². The fourth-order valence-electron chi connectivity index (χ4n) is 9.31. The number of ether oxygens (including phenoxy) is 2. The Bertz CT molecular complexity index is 2530. The number of unbranched alkanes of at least 4 members (excludes halogenated alkanes) is 24. The van der Waals surface area contributed by atoms with Crippen LogP contribution < -0.4 is 16.1 Å². The highest BCUT2D eigenvalue weighted by Crippen LogP contribution is 2.44. The minimum Gasteiger partial charge on any atom is -0.508 e. The number of rotatable bonds is 43. The van der Waals surface area contributed by atoms with Crippen molar-refractivity contribution in [3.63, 3.8) is 0 Å². The maximum absolute atomic E-state index is 13.2. The zero-order valence-corrected chi connectivity index (χ0v) is 47.2. The third kappa shape index (κ3) is 25.5. The molecule has 0 fully saturated rings. The summed E-state index contributed by atoms with van der Waals surface area (Å²) >= 11 is 0. The maximum Gasteiger partial charge on any atom is 0.472 e. The molecule has 1 aliphatic carbocycles. The molecule has 5 N–H and O–H groups in total. The average molecular weight is 1110 g/mol. The van der Waals surface area contributed by atoms with Gasteiger partial charge in [0.25, 0.3) is 5.91 Å². The molecular weight excluding hydrogens is 1020 g/mol. The van der Waals surface area contributed by atoms with E-state index in [2.05, 4.69) is 24.5 Å². The molecule has 18 heteroatoms. The van der Waals surface area contributed by atoms with E-state index in [0.717, 1.165) is 44.6 Å². The third-order valence-electron chi connectivity index (χ3n) is 13.7. The fourth-order valence-corrected chi connectivity index (χ4v) is 10.1. The minimum absolute atomic E-state index is 0.0764. The number of carboxylic acid groups (broad SMARTS) is 1. The van der Waals surface area contributed by atoms with Gasteiger partial charge in [0.05, 0.1) is 25.3 Å². The van der Waals surface area contributed by atoms with Gasteiger partial charge in [0.2, 0.25) is 5.91 Å². The number of aromatic carboxylic acids is 1. The quantitative estimate of drug-likeness (QED) is 0.0120. The number of nitrogens with one attached hydrogen (secondary N) is 2. The first-order valence-corrected chi connectivity index (χ1v) is 30.3. The summed E-state index contributed by atoms with van der Waals surface area (Å²) in [5.41, 5.74) is 0.528. The van der Waals surface area contributed by atoms with Gasteiger partial charge in [0.1, 0.15) is 23.7 Å². The normalized spacial score (nSPS) is 12.6. The molecule has 2 atom stereocenters. The number of aromatic hydroxyl groups is 1. The molecule has 0 spiro atoms. The van der Waals surface area contributed by atoms with Gasteiger partial charge in [-0.05, 0) is 54.8 Å². The van der Waals surface area contributed by atoms with Gasteiger partial charge in [-0.25, -0.2) is 9.36 Å². The molecule has 1 heterocycles. The van der Waals surface area contributed by atoms with E-state index in [4.69, 9.17) is 22.9 Å². The van der Waals surface area contributed by atoms with Crippen LogP contribution >= 0.6 is 7.82 Å². The molecule has 432 valence electrons. The Balaban J connectivity index is 1.20. The number of phosphoric acid groups is 1. The number of benzene rings is 3. The van der Waals surface area contributed by atoms with E-state index >= 15 is 0 Å². The largest absolute Gasteiger partial charge is 0.508 e. The molecule has 1 unspecified atom stereocenters. The lowest BCUT2D eigenvalue weighted by Crippen LogP contribution is -2.38. The monoisotopic (exact) mass is 1110 g/mol. The van der Waals surface area contributed by atoms with E-state index < -0.39 is 63.4 Å².